The molecule has 1 heteroatoms. The summed E-state index contributed by atoms with van der Waals surface area (Å²) in [4.78, 5) is 0. The lowest BCUT2D eigenvalue weighted by Crippen LogP contribution is -2.42. The zero-order valence-corrected chi connectivity index (χ0v) is 8.64. The van der Waals surface area contributed by atoms with Crippen molar-refractivity contribution in [2.24, 2.45) is 5.41 Å². The number of ether oxygens (including phenoxy) is 1. The third-order valence-corrected chi connectivity index (χ3v) is 4.94. The van der Waals surface area contributed by atoms with E-state index in [1.807, 2.05) is 0 Å². The molecule has 0 spiro atoms. The van der Waals surface area contributed by atoms with Crippen molar-refractivity contribution in [3.8, 4) is 0 Å². The van der Waals surface area contributed by atoms with Crippen molar-refractivity contribution in [1.82, 2.24) is 0 Å². The van der Waals surface area contributed by atoms with Crippen molar-refractivity contribution in [3.05, 3.63) is 0 Å². The van der Waals surface area contributed by atoms with Crippen LogP contribution in [-0.2, 0) is 4.74 Å². The van der Waals surface area contributed by atoms with Gasteiger partial charge in [-0.15, -0.1) is 0 Å². The van der Waals surface area contributed by atoms with E-state index < -0.39 is 0 Å². The first-order chi connectivity index (χ1) is 6.24. The molecule has 2 saturated heterocycles. The predicted octanol–water partition coefficient (Wildman–Crippen LogP) is 3.28. The van der Waals surface area contributed by atoms with E-state index in [1.54, 1.807) is 0 Å². The third-order valence-electron chi connectivity index (χ3n) is 4.94. The molecule has 3 rings (SSSR count). The average Bonchev–Trinajstić information content (AvgIpc) is 2.78. The highest BCUT2D eigenvalue weighted by molar-refractivity contribution is 5.07. The van der Waals surface area contributed by atoms with E-state index in [0.29, 0.717) is 17.1 Å². The lowest BCUT2D eigenvalue weighted by molar-refractivity contribution is -0.0785. The Labute approximate surface area is 80.8 Å². The van der Waals surface area contributed by atoms with Crippen LogP contribution in [0.25, 0.3) is 0 Å². The highest BCUT2D eigenvalue weighted by Gasteiger charge is 2.57. The molecule has 13 heavy (non-hydrogen) atoms. The molecule has 1 aliphatic carbocycles. The van der Waals surface area contributed by atoms with Crippen molar-refractivity contribution in [2.75, 3.05) is 0 Å². The molecule has 3 fully saturated rings. The van der Waals surface area contributed by atoms with Crippen LogP contribution in [-0.4, -0.2) is 11.7 Å². The summed E-state index contributed by atoms with van der Waals surface area (Å²) in [5.41, 5.74) is 0.867. The maximum atomic E-state index is 6.25. The van der Waals surface area contributed by atoms with Crippen LogP contribution in [0.15, 0.2) is 0 Å². The van der Waals surface area contributed by atoms with Crippen LogP contribution in [0.3, 0.4) is 0 Å². The summed E-state index contributed by atoms with van der Waals surface area (Å²) in [6.07, 6.45) is 11.7. The first kappa shape index (κ1) is 8.28. The average molecular weight is 180 g/mol. The Balaban J connectivity index is 1.90. The Morgan fingerprint density at radius 1 is 1.00 bits per heavy atom. The Morgan fingerprint density at radius 3 is 2.08 bits per heavy atom. The van der Waals surface area contributed by atoms with Gasteiger partial charge in [-0.1, -0.05) is 19.8 Å². The molecule has 0 aromatic carbocycles. The summed E-state index contributed by atoms with van der Waals surface area (Å²) in [7, 11) is 0. The van der Waals surface area contributed by atoms with E-state index >= 15 is 0 Å². The number of hydrogen-bond donors (Lipinski definition) is 0. The van der Waals surface area contributed by atoms with Crippen LogP contribution >= 0.6 is 0 Å². The maximum absolute atomic E-state index is 6.25. The molecule has 0 atom stereocenters. The van der Waals surface area contributed by atoms with Gasteiger partial charge >= 0.3 is 0 Å². The van der Waals surface area contributed by atoms with Gasteiger partial charge in [0.05, 0.1) is 11.7 Å². The molecule has 74 valence electrons. The van der Waals surface area contributed by atoms with Crippen molar-refractivity contribution in [3.63, 3.8) is 0 Å². The number of rotatable bonds is 1. The van der Waals surface area contributed by atoms with E-state index in [1.165, 1.54) is 51.4 Å². The van der Waals surface area contributed by atoms with Gasteiger partial charge in [-0.25, -0.2) is 0 Å². The van der Waals surface area contributed by atoms with Crippen LogP contribution in [0.1, 0.15) is 58.3 Å². The SMILES string of the molecule is CC1(C23CCC(CC2)O3)CCCC1. The Hall–Kier alpha value is -0.0400. The third kappa shape index (κ3) is 0.971. The van der Waals surface area contributed by atoms with E-state index in [0.717, 1.165) is 0 Å². The van der Waals surface area contributed by atoms with Crippen molar-refractivity contribution in [2.45, 2.75) is 70.0 Å². The fraction of sp³-hybridized carbons (Fsp3) is 1.00. The monoisotopic (exact) mass is 180 g/mol. The van der Waals surface area contributed by atoms with Crippen LogP contribution in [0.4, 0.5) is 0 Å². The first-order valence-corrected chi connectivity index (χ1v) is 5.92. The molecule has 2 heterocycles. The molecule has 0 aromatic heterocycles. The first-order valence-electron chi connectivity index (χ1n) is 5.92. The summed E-state index contributed by atoms with van der Waals surface area (Å²) in [6, 6.07) is 0. The van der Waals surface area contributed by atoms with Gasteiger partial charge in [-0.05, 0) is 43.9 Å². The standard InChI is InChI=1S/C12H20O/c1-11(6-2-3-7-11)12-8-4-10(13-12)5-9-12/h10H,2-9H2,1H3. The molecule has 2 aliphatic heterocycles. The normalized spacial score (nSPS) is 47.3. The van der Waals surface area contributed by atoms with Crippen molar-refractivity contribution >= 4 is 0 Å². The topological polar surface area (TPSA) is 9.23 Å². The van der Waals surface area contributed by atoms with Gasteiger partial charge < -0.3 is 4.74 Å². The zero-order valence-electron chi connectivity index (χ0n) is 8.64. The molecule has 0 N–H and O–H groups in total. The van der Waals surface area contributed by atoms with Gasteiger partial charge in [0.1, 0.15) is 0 Å². The maximum Gasteiger partial charge on any atom is 0.0741 e. The van der Waals surface area contributed by atoms with Crippen LogP contribution in [0.5, 0.6) is 0 Å². The second kappa shape index (κ2) is 2.50. The van der Waals surface area contributed by atoms with Crippen LogP contribution in [0, 0.1) is 5.41 Å². The minimum Gasteiger partial charge on any atom is -0.371 e. The molecule has 2 bridgehead atoms. The fourth-order valence-corrected chi connectivity index (χ4v) is 3.97. The van der Waals surface area contributed by atoms with E-state index in [9.17, 15) is 0 Å². The summed E-state index contributed by atoms with van der Waals surface area (Å²) in [6.45, 7) is 2.48. The lowest BCUT2D eigenvalue weighted by atomic mass is 9.67. The number of fused-ring (bicyclic) bond motifs is 2. The van der Waals surface area contributed by atoms with E-state index in [-0.39, 0.29) is 0 Å². The quantitative estimate of drug-likeness (QED) is 0.601. The highest BCUT2D eigenvalue weighted by Crippen LogP contribution is 2.59. The van der Waals surface area contributed by atoms with Crippen molar-refractivity contribution in [1.29, 1.82) is 0 Å². The summed E-state index contributed by atoms with van der Waals surface area (Å²) in [5, 5.41) is 0. The number of hydrogen-bond acceptors (Lipinski definition) is 1. The Kier molecular flexibility index (Phi) is 1.59. The largest absolute Gasteiger partial charge is 0.371 e. The van der Waals surface area contributed by atoms with Gasteiger partial charge in [-0.3, -0.25) is 0 Å². The van der Waals surface area contributed by atoms with Gasteiger partial charge in [0.15, 0.2) is 0 Å². The Morgan fingerprint density at radius 2 is 1.62 bits per heavy atom. The van der Waals surface area contributed by atoms with Gasteiger partial charge in [0, 0.05) is 0 Å². The summed E-state index contributed by atoms with van der Waals surface area (Å²) < 4.78 is 6.25. The second-order valence-electron chi connectivity index (χ2n) is 5.58. The molecule has 0 aromatic rings. The Bertz CT molecular complexity index is 207. The molecule has 3 aliphatic rings. The van der Waals surface area contributed by atoms with Gasteiger partial charge in [0.2, 0.25) is 0 Å². The van der Waals surface area contributed by atoms with E-state index in [2.05, 4.69) is 6.92 Å². The molecule has 0 radical (unpaired) electrons. The van der Waals surface area contributed by atoms with E-state index in [4.69, 9.17) is 4.74 Å². The van der Waals surface area contributed by atoms with Crippen molar-refractivity contribution < 1.29 is 4.74 Å². The summed E-state index contributed by atoms with van der Waals surface area (Å²) in [5.74, 6) is 0. The highest BCUT2D eigenvalue weighted by atomic mass is 16.5. The molecule has 0 amide bonds. The second-order valence-corrected chi connectivity index (χ2v) is 5.58. The van der Waals surface area contributed by atoms with Crippen LogP contribution in [0.2, 0.25) is 0 Å². The molecule has 1 nitrogen and oxygen atoms in total. The fourth-order valence-electron chi connectivity index (χ4n) is 3.97. The lowest BCUT2D eigenvalue weighted by Gasteiger charge is -2.41. The van der Waals surface area contributed by atoms with Gasteiger partial charge in [-0.2, -0.15) is 0 Å². The van der Waals surface area contributed by atoms with Crippen LogP contribution < -0.4 is 0 Å². The summed E-state index contributed by atoms with van der Waals surface area (Å²) >= 11 is 0. The minimum absolute atomic E-state index is 0.328. The smallest absolute Gasteiger partial charge is 0.0741 e. The molecule has 1 saturated carbocycles. The zero-order chi connectivity index (χ0) is 8.94. The molecular formula is C12H20O. The minimum atomic E-state index is 0.328. The molecular weight excluding hydrogens is 160 g/mol. The van der Waals surface area contributed by atoms with Gasteiger partial charge in [0.25, 0.3) is 0 Å². The molecule has 0 unspecified atom stereocenters. The predicted molar refractivity (Wildman–Crippen MR) is 52.6 cm³/mol.